The number of nitrogens with one attached hydrogen (secondary N) is 2. The molecule has 0 bridgehead atoms. The number of amides is 1. The van der Waals surface area contributed by atoms with Crippen LogP contribution in [-0.2, 0) is 11.3 Å². The molecule has 0 spiro atoms. The number of aryl methyl sites for hydroxylation is 1. The summed E-state index contributed by atoms with van der Waals surface area (Å²) in [5, 5.41) is 6.57. The monoisotopic (exact) mass is 318 g/mol. The van der Waals surface area contributed by atoms with Gasteiger partial charge >= 0.3 is 6.09 Å². The normalized spacial score (nSPS) is 21.2. The van der Waals surface area contributed by atoms with Crippen molar-refractivity contribution in [3.63, 3.8) is 0 Å². The Morgan fingerprint density at radius 2 is 2.09 bits per heavy atom. The van der Waals surface area contributed by atoms with Crippen LogP contribution in [0.15, 0.2) is 24.3 Å². The maximum atomic E-state index is 11.8. The van der Waals surface area contributed by atoms with Gasteiger partial charge in [0.1, 0.15) is 5.60 Å². The highest BCUT2D eigenvalue weighted by Crippen LogP contribution is 2.25. The molecule has 1 aliphatic rings. The van der Waals surface area contributed by atoms with E-state index in [2.05, 4.69) is 41.8 Å². The molecule has 2 N–H and O–H groups in total. The van der Waals surface area contributed by atoms with Gasteiger partial charge in [0.2, 0.25) is 0 Å². The van der Waals surface area contributed by atoms with Gasteiger partial charge in [0.15, 0.2) is 0 Å². The smallest absolute Gasteiger partial charge is 0.407 e. The van der Waals surface area contributed by atoms with Gasteiger partial charge in [0, 0.05) is 19.1 Å². The summed E-state index contributed by atoms with van der Waals surface area (Å²) in [6, 6.07) is 9.05. The molecule has 1 amide bonds. The maximum Gasteiger partial charge on any atom is 0.407 e. The van der Waals surface area contributed by atoms with E-state index in [1.807, 2.05) is 20.8 Å². The average Bonchev–Trinajstić information content (AvgIpc) is 2.88. The lowest BCUT2D eigenvalue weighted by molar-refractivity contribution is 0.0517. The van der Waals surface area contributed by atoms with Crippen molar-refractivity contribution in [1.29, 1.82) is 0 Å². The molecular weight excluding hydrogens is 288 g/mol. The fourth-order valence-electron chi connectivity index (χ4n) is 3.15. The minimum Gasteiger partial charge on any atom is -0.444 e. The molecule has 1 fully saturated rings. The van der Waals surface area contributed by atoms with Crippen LogP contribution in [-0.4, -0.2) is 24.3 Å². The van der Waals surface area contributed by atoms with Crippen molar-refractivity contribution in [3.8, 4) is 0 Å². The largest absolute Gasteiger partial charge is 0.444 e. The predicted molar refractivity (Wildman–Crippen MR) is 93.4 cm³/mol. The quantitative estimate of drug-likeness (QED) is 0.868. The molecule has 128 valence electrons. The first-order valence-corrected chi connectivity index (χ1v) is 8.59. The number of carbonyl (C=O) groups excluding carboxylic acids is 1. The van der Waals surface area contributed by atoms with E-state index in [9.17, 15) is 4.79 Å². The van der Waals surface area contributed by atoms with Crippen molar-refractivity contribution >= 4 is 6.09 Å². The van der Waals surface area contributed by atoms with Crippen molar-refractivity contribution < 1.29 is 9.53 Å². The van der Waals surface area contributed by atoms with Crippen LogP contribution < -0.4 is 10.6 Å². The molecule has 0 radical (unpaired) electrons. The lowest BCUT2D eigenvalue weighted by Crippen LogP contribution is -2.40. The number of alkyl carbamates (subject to hydrolysis) is 1. The van der Waals surface area contributed by atoms with Gasteiger partial charge in [-0.1, -0.05) is 36.2 Å². The van der Waals surface area contributed by atoms with Crippen LogP contribution in [0.5, 0.6) is 0 Å². The zero-order valence-corrected chi connectivity index (χ0v) is 14.8. The van der Waals surface area contributed by atoms with E-state index in [4.69, 9.17) is 4.74 Å². The summed E-state index contributed by atoms with van der Waals surface area (Å²) in [6.07, 6.45) is 3.22. The van der Waals surface area contributed by atoms with Gasteiger partial charge in [-0.2, -0.15) is 0 Å². The molecule has 23 heavy (non-hydrogen) atoms. The Morgan fingerprint density at radius 1 is 1.30 bits per heavy atom. The summed E-state index contributed by atoms with van der Waals surface area (Å²) in [5.74, 6) is 0.479. The fourth-order valence-corrected chi connectivity index (χ4v) is 3.15. The summed E-state index contributed by atoms with van der Waals surface area (Å²) < 4.78 is 5.30. The second-order valence-corrected chi connectivity index (χ2v) is 7.55. The number of rotatable bonds is 5. The van der Waals surface area contributed by atoms with Crippen LogP contribution in [0.4, 0.5) is 4.79 Å². The number of carbonyl (C=O) groups is 1. The third kappa shape index (κ3) is 6.22. The molecule has 2 rings (SSSR count). The lowest BCUT2D eigenvalue weighted by Gasteiger charge is -2.24. The Morgan fingerprint density at radius 3 is 2.78 bits per heavy atom. The first-order valence-electron chi connectivity index (χ1n) is 8.59. The van der Waals surface area contributed by atoms with Gasteiger partial charge in [0.25, 0.3) is 0 Å². The predicted octanol–water partition coefficient (Wildman–Crippen LogP) is 3.78. The number of hydrogen-bond acceptors (Lipinski definition) is 3. The van der Waals surface area contributed by atoms with Crippen LogP contribution in [0, 0.1) is 12.8 Å². The van der Waals surface area contributed by atoms with Gasteiger partial charge in [-0.15, -0.1) is 0 Å². The van der Waals surface area contributed by atoms with Crippen molar-refractivity contribution in [1.82, 2.24) is 10.6 Å². The zero-order valence-electron chi connectivity index (χ0n) is 14.8. The molecule has 4 heteroatoms. The molecule has 1 saturated carbocycles. The van der Waals surface area contributed by atoms with Gasteiger partial charge in [-0.3, -0.25) is 0 Å². The highest BCUT2D eigenvalue weighted by Gasteiger charge is 2.27. The van der Waals surface area contributed by atoms with E-state index in [0.29, 0.717) is 18.5 Å². The van der Waals surface area contributed by atoms with Gasteiger partial charge in [0.05, 0.1) is 0 Å². The Bertz CT molecular complexity index is 522. The summed E-state index contributed by atoms with van der Waals surface area (Å²) in [5.41, 5.74) is 2.16. The Kier molecular flexibility index (Phi) is 6.05. The minimum atomic E-state index is -0.442. The van der Waals surface area contributed by atoms with Crippen LogP contribution in [0.3, 0.4) is 0 Å². The van der Waals surface area contributed by atoms with Crippen molar-refractivity contribution in [3.05, 3.63) is 35.4 Å². The van der Waals surface area contributed by atoms with Crippen molar-refractivity contribution in [2.45, 2.75) is 65.1 Å². The van der Waals surface area contributed by atoms with E-state index >= 15 is 0 Å². The molecule has 1 aromatic rings. The Labute approximate surface area is 140 Å². The van der Waals surface area contributed by atoms with Crippen LogP contribution >= 0.6 is 0 Å². The van der Waals surface area contributed by atoms with E-state index < -0.39 is 5.60 Å². The Balaban J connectivity index is 1.77. The minimum absolute atomic E-state index is 0.318. The number of ether oxygens (including phenoxy) is 1. The summed E-state index contributed by atoms with van der Waals surface area (Å²) in [6.45, 7) is 9.33. The summed E-state index contributed by atoms with van der Waals surface area (Å²) in [4.78, 5) is 11.8. The molecule has 0 saturated heterocycles. The average molecular weight is 318 g/mol. The molecule has 0 heterocycles. The third-order valence-electron chi connectivity index (χ3n) is 4.22. The molecule has 2 unspecified atom stereocenters. The number of hydrogen-bond donors (Lipinski definition) is 2. The first-order chi connectivity index (χ1) is 10.8. The highest BCUT2D eigenvalue weighted by molar-refractivity contribution is 5.67. The van der Waals surface area contributed by atoms with Crippen molar-refractivity contribution in [2.75, 3.05) is 6.54 Å². The molecule has 1 aliphatic carbocycles. The van der Waals surface area contributed by atoms with Crippen LogP contribution in [0.2, 0.25) is 0 Å². The van der Waals surface area contributed by atoms with Crippen LogP contribution in [0.25, 0.3) is 0 Å². The van der Waals surface area contributed by atoms with Crippen LogP contribution in [0.1, 0.15) is 51.2 Å². The first kappa shape index (κ1) is 17.8. The van der Waals surface area contributed by atoms with Gasteiger partial charge in [-0.25, -0.2) is 4.79 Å². The van der Waals surface area contributed by atoms with E-state index in [0.717, 1.165) is 13.0 Å². The Hall–Kier alpha value is -1.55. The van der Waals surface area contributed by atoms with Gasteiger partial charge < -0.3 is 15.4 Å². The molecule has 1 aromatic carbocycles. The van der Waals surface area contributed by atoms with E-state index in [-0.39, 0.29) is 6.09 Å². The maximum absolute atomic E-state index is 11.8. The molecule has 4 nitrogen and oxygen atoms in total. The summed E-state index contributed by atoms with van der Waals surface area (Å²) >= 11 is 0. The molecular formula is C19H30N2O2. The standard InChI is InChI=1S/C19H30N2O2/c1-14-7-5-8-15(11-14)12-20-17-10-6-9-16(17)13-21-18(22)23-19(2,3)4/h5,7-8,11,16-17,20H,6,9-10,12-13H2,1-4H3,(H,21,22). The molecule has 0 aliphatic heterocycles. The second kappa shape index (κ2) is 7.82. The third-order valence-corrected chi connectivity index (χ3v) is 4.22. The highest BCUT2D eigenvalue weighted by atomic mass is 16.6. The van der Waals surface area contributed by atoms with E-state index in [1.54, 1.807) is 0 Å². The van der Waals surface area contributed by atoms with E-state index in [1.165, 1.54) is 24.0 Å². The summed E-state index contributed by atoms with van der Waals surface area (Å²) in [7, 11) is 0. The lowest BCUT2D eigenvalue weighted by atomic mass is 10.0. The van der Waals surface area contributed by atoms with Crippen molar-refractivity contribution in [2.24, 2.45) is 5.92 Å². The fraction of sp³-hybridized carbons (Fsp3) is 0.632. The molecule has 2 atom stereocenters. The number of benzene rings is 1. The SMILES string of the molecule is Cc1cccc(CNC2CCCC2CNC(=O)OC(C)(C)C)c1. The molecule has 0 aromatic heterocycles. The zero-order chi connectivity index (χ0) is 16.9. The second-order valence-electron chi connectivity index (χ2n) is 7.55. The topological polar surface area (TPSA) is 50.4 Å². The van der Waals surface area contributed by atoms with Gasteiger partial charge in [-0.05, 0) is 52.0 Å².